The average Bonchev–Trinajstić information content (AvgIpc) is 2.84. The molecule has 0 atom stereocenters. The highest BCUT2D eigenvalue weighted by Crippen LogP contribution is 2.38. The fraction of sp³-hybridized carbons (Fsp3) is 0.571. The fourth-order valence-electron chi connectivity index (χ4n) is 2.75. The second-order valence-electron chi connectivity index (χ2n) is 5.19. The van der Waals surface area contributed by atoms with Crippen LogP contribution in [0.15, 0.2) is 18.3 Å². The molecule has 2 rings (SSSR count). The van der Waals surface area contributed by atoms with Crippen LogP contribution in [-0.2, 0) is 0 Å². The van der Waals surface area contributed by atoms with Gasteiger partial charge in [-0.2, -0.15) is 0 Å². The second-order valence-corrected chi connectivity index (χ2v) is 5.19. The zero-order valence-corrected chi connectivity index (χ0v) is 11.2. The van der Waals surface area contributed by atoms with E-state index in [2.05, 4.69) is 23.7 Å². The van der Waals surface area contributed by atoms with E-state index in [4.69, 9.17) is 11.1 Å². The number of amidine groups is 1. The van der Waals surface area contributed by atoms with Crippen LogP contribution < -0.4 is 10.6 Å². The molecule has 0 bridgehead atoms. The summed E-state index contributed by atoms with van der Waals surface area (Å²) in [6.07, 6.45) is 5.44. The molecule has 0 unspecified atom stereocenters. The predicted octanol–water partition coefficient (Wildman–Crippen LogP) is 2.38. The topological polar surface area (TPSA) is 66.0 Å². The molecule has 1 aliphatic rings. The van der Waals surface area contributed by atoms with Crippen LogP contribution in [0.1, 0.15) is 38.8 Å². The van der Waals surface area contributed by atoms with Crippen LogP contribution in [0, 0.1) is 10.8 Å². The second kappa shape index (κ2) is 4.96. The van der Waals surface area contributed by atoms with Gasteiger partial charge in [-0.25, -0.2) is 0 Å². The Morgan fingerprint density at radius 3 is 2.78 bits per heavy atom. The van der Waals surface area contributed by atoms with Gasteiger partial charge in [-0.15, -0.1) is 0 Å². The number of hydrogen-bond donors (Lipinski definition) is 2. The molecule has 0 aromatic carbocycles. The maximum atomic E-state index is 7.45. The van der Waals surface area contributed by atoms with Crippen LogP contribution >= 0.6 is 0 Å². The summed E-state index contributed by atoms with van der Waals surface area (Å²) >= 11 is 0. The first-order chi connectivity index (χ1) is 8.60. The Labute approximate surface area is 109 Å². The van der Waals surface area contributed by atoms with Crippen molar-refractivity contribution in [2.75, 3.05) is 18.0 Å². The minimum absolute atomic E-state index is 0.0355. The Bertz CT molecular complexity index is 437. The van der Waals surface area contributed by atoms with E-state index in [1.165, 1.54) is 19.3 Å². The van der Waals surface area contributed by atoms with Gasteiger partial charge in [0.05, 0.1) is 0 Å². The normalized spacial score (nSPS) is 18.0. The Balaban J connectivity index is 2.19. The molecule has 0 radical (unpaired) electrons. The Kier molecular flexibility index (Phi) is 3.55. The number of nitrogen functional groups attached to an aromatic ring is 1. The molecule has 1 aromatic rings. The summed E-state index contributed by atoms with van der Waals surface area (Å²) in [6.45, 7) is 6.74. The minimum atomic E-state index is 0.0355. The van der Waals surface area contributed by atoms with Crippen molar-refractivity contribution in [3.8, 4) is 0 Å². The van der Waals surface area contributed by atoms with Crippen molar-refractivity contribution < 1.29 is 0 Å². The lowest BCUT2D eigenvalue weighted by atomic mass is 9.82. The molecule has 1 aromatic heterocycles. The highest BCUT2D eigenvalue weighted by molar-refractivity contribution is 5.93. The molecule has 0 aliphatic carbocycles. The van der Waals surface area contributed by atoms with Crippen LogP contribution in [0.2, 0.25) is 0 Å². The lowest BCUT2D eigenvalue weighted by molar-refractivity contribution is 0.301. The van der Waals surface area contributed by atoms with E-state index in [1.807, 2.05) is 12.1 Å². The number of nitrogens with one attached hydrogen (secondary N) is 1. The van der Waals surface area contributed by atoms with Crippen LogP contribution in [0.5, 0.6) is 0 Å². The number of anilines is 1. The fourth-order valence-corrected chi connectivity index (χ4v) is 2.75. The molecule has 3 N–H and O–H groups in total. The van der Waals surface area contributed by atoms with E-state index < -0.39 is 0 Å². The molecule has 1 aliphatic heterocycles. The first-order valence-electron chi connectivity index (χ1n) is 6.65. The van der Waals surface area contributed by atoms with Crippen molar-refractivity contribution in [3.05, 3.63) is 24.0 Å². The molecule has 1 saturated heterocycles. The monoisotopic (exact) mass is 246 g/mol. The highest BCUT2D eigenvalue weighted by Gasteiger charge is 2.34. The maximum absolute atomic E-state index is 7.45. The molecular weight excluding hydrogens is 224 g/mol. The maximum Gasteiger partial charge on any atom is 0.141 e. The summed E-state index contributed by atoms with van der Waals surface area (Å²) in [5.41, 5.74) is 7.65. The molecule has 0 spiro atoms. The van der Waals surface area contributed by atoms with Gasteiger partial charge < -0.3 is 10.6 Å². The van der Waals surface area contributed by atoms with Gasteiger partial charge in [-0.1, -0.05) is 13.8 Å². The van der Waals surface area contributed by atoms with Gasteiger partial charge in [0.1, 0.15) is 11.5 Å². The SMILES string of the molecule is CCC1(CC)CCN(c2ccnc(C(=N)N)c2)C1. The first-order valence-corrected chi connectivity index (χ1v) is 6.65. The van der Waals surface area contributed by atoms with E-state index in [0.717, 1.165) is 18.8 Å². The van der Waals surface area contributed by atoms with E-state index in [-0.39, 0.29) is 5.84 Å². The molecular formula is C14H22N4. The Morgan fingerprint density at radius 2 is 2.22 bits per heavy atom. The van der Waals surface area contributed by atoms with Crippen molar-refractivity contribution >= 4 is 11.5 Å². The van der Waals surface area contributed by atoms with E-state index >= 15 is 0 Å². The number of nitrogens with two attached hydrogens (primary N) is 1. The zero-order valence-electron chi connectivity index (χ0n) is 11.2. The minimum Gasteiger partial charge on any atom is -0.382 e. The molecule has 98 valence electrons. The summed E-state index contributed by atoms with van der Waals surface area (Å²) in [5.74, 6) is 0.0355. The third kappa shape index (κ3) is 2.33. The Morgan fingerprint density at radius 1 is 1.50 bits per heavy atom. The number of pyridine rings is 1. The van der Waals surface area contributed by atoms with Gasteiger partial charge in [-0.3, -0.25) is 10.4 Å². The molecule has 18 heavy (non-hydrogen) atoms. The summed E-state index contributed by atoms with van der Waals surface area (Å²) in [4.78, 5) is 6.50. The summed E-state index contributed by atoms with van der Waals surface area (Å²) in [7, 11) is 0. The highest BCUT2D eigenvalue weighted by atomic mass is 15.2. The third-order valence-corrected chi connectivity index (χ3v) is 4.32. The molecule has 4 nitrogen and oxygen atoms in total. The zero-order chi connectivity index (χ0) is 13.2. The van der Waals surface area contributed by atoms with Crippen molar-refractivity contribution in [2.45, 2.75) is 33.1 Å². The van der Waals surface area contributed by atoms with Crippen molar-refractivity contribution in [1.29, 1.82) is 5.41 Å². The van der Waals surface area contributed by atoms with Gasteiger partial charge in [0.2, 0.25) is 0 Å². The van der Waals surface area contributed by atoms with Crippen molar-refractivity contribution in [3.63, 3.8) is 0 Å². The molecule has 4 heteroatoms. The number of rotatable bonds is 4. The van der Waals surface area contributed by atoms with Crippen LogP contribution in [-0.4, -0.2) is 23.9 Å². The average molecular weight is 246 g/mol. The summed E-state index contributed by atoms with van der Waals surface area (Å²) in [5, 5.41) is 7.45. The standard InChI is InChI=1S/C14H22N4/c1-3-14(4-2)6-8-18(10-14)11-5-7-17-12(9-11)13(15)16/h5,7,9H,3-4,6,8,10H2,1-2H3,(H3,15,16). The van der Waals surface area contributed by atoms with Crippen LogP contribution in [0.3, 0.4) is 0 Å². The predicted molar refractivity (Wildman–Crippen MR) is 75.1 cm³/mol. The van der Waals surface area contributed by atoms with Crippen molar-refractivity contribution in [2.24, 2.45) is 11.1 Å². The molecule has 0 amide bonds. The summed E-state index contributed by atoms with van der Waals surface area (Å²) in [6, 6.07) is 3.93. The van der Waals surface area contributed by atoms with E-state index in [9.17, 15) is 0 Å². The summed E-state index contributed by atoms with van der Waals surface area (Å²) < 4.78 is 0. The molecule has 1 fully saturated rings. The number of hydrogen-bond acceptors (Lipinski definition) is 3. The smallest absolute Gasteiger partial charge is 0.141 e. The third-order valence-electron chi connectivity index (χ3n) is 4.32. The van der Waals surface area contributed by atoms with Gasteiger partial charge in [-0.05, 0) is 36.8 Å². The van der Waals surface area contributed by atoms with Gasteiger partial charge >= 0.3 is 0 Å². The molecule has 0 saturated carbocycles. The van der Waals surface area contributed by atoms with Crippen LogP contribution in [0.4, 0.5) is 5.69 Å². The molecule has 2 heterocycles. The largest absolute Gasteiger partial charge is 0.382 e. The van der Waals surface area contributed by atoms with E-state index in [1.54, 1.807) is 6.20 Å². The number of nitrogens with zero attached hydrogens (tertiary/aromatic N) is 2. The van der Waals surface area contributed by atoms with Crippen molar-refractivity contribution in [1.82, 2.24) is 4.98 Å². The lowest BCUT2D eigenvalue weighted by Gasteiger charge is -2.27. The van der Waals surface area contributed by atoms with Gasteiger partial charge in [0.25, 0.3) is 0 Å². The van der Waals surface area contributed by atoms with Gasteiger partial charge in [0.15, 0.2) is 0 Å². The number of aromatic nitrogens is 1. The van der Waals surface area contributed by atoms with Crippen LogP contribution in [0.25, 0.3) is 0 Å². The first kappa shape index (κ1) is 12.9. The van der Waals surface area contributed by atoms with Gasteiger partial charge in [0, 0.05) is 25.0 Å². The van der Waals surface area contributed by atoms with E-state index in [0.29, 0.717) is 11.1 Å². The lowest BCUT2D eigenvalue weighted by Crippen LogP contribution is -2.26. The quantitative estimate of drug-likeness (QED) is 0.633. The Hall–Kier alpha value is -1.58.